The third-order valence-electron chi connectivity index (χ3n) is 4.37. The summed E-state index contributed by atoms with van der Waals surface area (Å²) < 4.78 is 1.87. The van der Waals surface area contributed by atoms with E-state index in [1.807, 2.05) is 46.9 Å². The summed E-state index contributed by atoms with van der Waals surface area (Å²) >= 11 is 0. The molecule has 0 aliphatic heterocycles. The van der Waals surface area contributed by atoms with Crippen LogP contribution in [0.15, 0.2) is 79.3 Å². The molecule has 0 spiro atoms. The van der Waals surface area contributed by atoms with E-state index in [0.29, 0.717) is 11.4 Å². The van der Waals surface area contributed by atoms with Crippen LogP contribution < -0.4 is 5.32 Å². The molecule has 0 atom stereocenters. The Morgan fingerprint density at radius 3 is 2.56 bits per heavy atom. The third kappa shape index (κ3) is 3.42. The number of benzene rings is 2. The highest BCUT2D eigenvalue weighted by Gasteiger charge is 2.13. The van der Waals surface area contributed by atoms with Gasteiger partial charge in [0.15, 0.2) is 0 Å². The van der Waals surface area contributed by atoms with E-state index in [-0.39, 0.29) is 12.3 Å². The van der Waals surface area contributed by atoms with Crippen LogP contribution in [0.3, 0.4) is 0 Å². The van der Waals surface area contributed by atoms with Crippen LogP contribution in [0.2, 0.25) is 0 Å². The summed E-state index contributed by atoms with van der Waals surface area (Å²) in [5, 5.41) is 11.9. The number of nitrogens with one attached hydrogen (secondary N) is 1. The lowest BCUT2D eigenvalue weighted by atomic mass is 10.1. The Balaban J connectivity index is 1.66. The maximum atomic E-state index is 12.7. The minimum Gasteiger partial charge on any atom is -0.311 e. The fourth-order valence-corrected chi connectivity index (χ4v) is 3.03. The second kappa shape index (κ2) is 7.14. The lowest BCUT2D eigenvalue weighted by Crippen LogP contribution is -2.17. The van der Waals surface area contributed by atoms with Crippen molar-refractivity contribution in [3.05, 3.63) is 90.4 Å². The van der Waals surface area contributed by atoms with Crippen LogP contribution in [0.4, 0.5) is 5.82 Å². The van der Waals surface area contributed by atoms with Gasteiger partial charge < -0.3 is 5.32 Å². The highest BCUT2D eigenvalue weighted by Crippen LogP contribution is 2.29. The molecular weight excluding hydrogens is 336 g/mol. The number of amides is 1. The van der Waals surface area contributed by atoms with Gasteiger partial charge in [-0.15, -0.1) is 0 Å². The number of anilines is 1. The first-order chi connectivity index (χ1) is 13.2. The maximum absolute atomic E-state index is 12.7. The molecule has 0 bridgehead atoms. The van der Waals surface area contributed by atoms with Gasteiger partial charge in [0.05, 0.1) is 29.8 Å². The highest BCUT2D eigenvalue weighted by molar-refractivity contribution is 5.96. The number of aromatic nitrogens is 2. The molecule has 0 saturated carbocycles. The van der Waals surface area contributed by atoms with Crippen molar-refractivity contribution in [2.24, 2.45) is 0 Å². The summed E-state index contributed by atoms with van der Waals surface area (Å²) in [5.74, 6) is 0.563. The molecule has 0 unspecified atom stereocenters. The van der Waals surface area contributed by atoms with Gasteiger partial charge in [-0.25, -0.2) is 4.98 Å². The number of hydrogen-bond acceptors (Lipinski definition) is 3. The van der Waals surface area contributed by atoms with Crippen LogP contribution in [-0.2, 0) is 11.2 Å². The Morgan fingerprint density at radius 1 is 1.04 bits per heavy atom. The average Bonchev–Trinajstić information content (AvgIpc) is 3.19. The second-order valence-corrected chi connectivity index (χ2v) is 6.18. The number of hydrogen-bond donors (Lipinski definition) is 1. The fraction of sp³-hybridized carbons (Fsp3) is 0.0455. The molecule has 1 N–H and O–H groups in total. The maximum Gasteiger partial charge on any atom is 0.229 e. The predicted molar refractivity (Wildman–Crippen MR) is 104 cm³/mol. The van der Waals surface area contributed by atoms with Crippen molar-refractivity contribution < 1.29 is 4.79 Å². The number of pyridine rings is 1. The van der Waals surface area contributed by atoms with Gasteiger partial charge in [0, 0.05) is 5.56 Å². The molecule has 2 aromatic carbocycles. The van der Waals surface area contributed by atoms with Crippen molar-refractivity contribution in [2.45, 2.75) is 6.42 Å². The van der Waals surface area contributed by atoms with E-state index in [2.05, 4.69) is 16.4 Å². The van der Waals surface area contributed by atoms with E-state index in [1.54, 1.807) is 36.8 Å². The van der Waals surface area contributed by atoms with Gasteiger partial charge in [-0.1, -0.05) is 42.5 Å². The van der Waals surface area contributed by atoms with E-state index in [4.69, 9.17) is 5.26 Å². The lowest BCUT2D eigenvalue weighted by molar-refractivity contribution is -0.115. The zero-order valence-electron chi connectivity index (χ0n) is 14.5. The van der Waals surface area contributed by atoms with Gasteiger partial charge in [-0.05, 0) is 35.4 Å². The summed E-state index contributed by atoms with van der Waals surface area (Å²) in [5.41, 5.74) is 4.28. The standard InChI is InChI=1S/C22H16N4O/c23-13-17-8-6-16(7-9-17)12-21(27)25-22-20(18-4-2-1-3-5-18)11-10-19-14-24-15-26(19)22/h1-11,14-15H,12H2,(H,25,27). The number of fused-ring (bicyclic) bond motifs is 1. The molecule has 2 heterocycles. The highest BCUT2D eigenvalue weighted by atomic mass is 16.1. The van der Waals surface area contributed by atoms with Gasteiger partial charge in [0.2, 0.25) is 5.91 Å². The molecule has 27 heavy (non-hydrogen) atoms. The van der Waals surface area contributed by atoms with Crippen molar-refractivity contribution in [1.82, 2.24) is 9.38 Å². The number of carbonyl (C=O) groups is 1. The summed E-state index contributed by atoms with van der Waals surface area (Å²) in [4.78, 5) is 16.9. The minimum atomic E-state index is -0.127. The largest absolute Gasteiger partial charge is 0.311 e. The first-order valence-corrected chi connectivity index (χ1v) is 8.54. The number of carbonyl (C=O) groups excluding carboxylic acids is 1. The second-order valence-electron chi connectivity index (χ2n) is 6.18. The van der Waals surface area contributed by atoms with Crippen LogP contribution in [-0.4, -0.2) is 15.3 Å². The summed E-state index contributed by atoms with van der Waals surface area (Å²) in [7, 11) is 0. The topological polar surface area (TPSA) is 70.2 Å². The first-order valence-electron chi connectivity index (χ1n) is 8.54. The zero-order valence-corrected chi connectivity index (χ0v) is 14.5. The summed E-state index contributed by atoms with van der Waals surface area (Å²) in [6.07, 6.45) is 3.68. The van der Waals surface area contributed by atoms with Gasteiger partial charge in [-0.3, -0.25) is 9.20 Å². The quantitative estimate of drug-likeness (QED) is 0.602. The Kier molecular flexibility index (Phi) is 4.38. The van der Waals surface area contributed by atoms with E-state index in [0.717, 1.165) is 22.2 Å². The Bertz CT molecular complexity index is 1140. The molecule has 130 valence electrons. The summed E-state index contributed by atoms with van der Waals surface area (Å²) in [6.45, 7) is 0. The average molecular weight is 352 g/mol. The molecule has 1 amide bonds. The molecule has 0 aliphatic rings. The zero-order chi connectivity index (χ0) is 18.6. The van der Waals surface area contributed by atoms with Gasteiger partial charge >= 0.3 is 0 Å². The summed E-state index contributed by atoms with van der Waals surface area (Å²) in [6, 6.07) is 23.0. The van der Waals surface area contributed by atoms with Crippen LogP contribution in [0.1, 0.15) is 11.1 Å². The van der Waals surface area contributed by atoms with E-state index in [9.17, 15) is 4.79 Å². The number of nitriles is 1. The molecule has 5 nitrogen and oxygen atoms in total. The molecule has 0 saturated heterocycles. The molecule has 5 heteroatoms. The predicted octanol–water partition coefficient (Wildman–Crippen LogP) is 4.05. The van der Waals surface area contributed by atoms with Gasteiger partial charge in [0.25, 0.3) is 0 Å². The molecule has 0 aliphatic carbocycles. The number of rotatable bonds is 4. The van der Waals surface area contributed by atoms with Crippen molar-refractivity contribution >= 4 is 17.2 Å². The monoisotopic (exact) mass is 352 g/mol. The molecule has 4 aromatic rings. The Morgan fingerprint density at radius 2 is 1.81 bits per heavy atom. The van der Waals surface area contributed by atoms with Gasteiger partial charge in [0.1, 0.15) is 12.1 Å². The van der Waals surface area contributed by atoms with Crippen LogP contribution in [0, 0.1) is 11.3 Å². The SMILES string of the molecule is N#Cc1ccc(CC(=O)Nc2c(-c3ccccc3)ccc3cncn23)cc1. The van der Waals surface area contributed by atoms with E-state index in [1.165, 1.54) is 0 Å². The van der Waals surface area contributed by atoms with Gasteiger partial charge in [-0.2, -0.15) is 5.26 Å². The van der Waals surface area contributed by atoms with Crippen molar-refractivity contribution in [3.63, 3.8) is 0 Å². The van der Waals surface area contributed by atoms with Crippen LogP contribution in [0.5, 0.6) is 0 Å². The molecule has 2 aromatic heterocycles. The lowest BCUT2D eigenvalue weighted by Gasteiger charge is -2.14. The molecule has 0 radical (unpaired) electrons. The van der Waals surface area contributed by atoms with E-state index >= 15 is 0 Å². The number of nitrogens with zero attached hydrogens (tertiary/aromatic N) is 3. The van der Waals surface area contributed by atoms with Crippen molar-refractivity contribution in [2.75, 3.05) is 5.32 Å². The Hall–Kier alpha value is -3.91. The Labute approximate surface area is 156 Å². The first kappa shape index (κ1) is 16.6. The number of imidazole rings is 1. The fourth-order valence-electron chi connectivity index (χ4n) is 3.03. The third-order valence-corrected chi connectivity index (χ3v) is 4.37. The molecule has 0 fully saturated rings. The normalized spacial score (nSPS) is 10.5. The van der Waals surface area contributed by atoms with E-state index < -0.39 is 0 Å². The smallest absolute Gasteiger partial charge is 0.229 e. The van der Waals surface area contributed by atoms with Crippen molar-refractivity contribution in [1.29, 1.82) is 5.26 Å². The van der Waals surface area contributed by atoms with Crippen LogP contribution in [0.25, 0.3) is 16.6 Å². The van der Waals surface area contributed by atoms with Crippen molar-refractivity contribution in [3.8, 4) is 17.2 Å². The molecular formula is C22H16N4O. The van der Waals surface area contributed by atoms with Crippen LogP contribution >= 0.6 is 0 Å². The molecule has 4 rings (SSSR count). The minimum absolute atomic E-state index is 0.127.